The average molecular weight is 413 g/mol. The normalized spacial score (nSPS) is 20.8. The van der Waals surface area contributed by atoms with Gasteiger partial charge >= 0.3 is 0 Å². The lowest BCUT2D eigenvalue weighted by molar-refractivity contribution is -0.122. The molecule has 29 heavy (non-hydrogen) atoms. The van der Waals surface area contributed by atoms with E-state index in [1.165, 1.54) is 16.4 Å². The molecular formula is C22H24N2O4S. The highest BCUT2D eigenvalue weighted by molar-refractivity contribution is 7.89. The predicted molar refractivity (Wildman–Crippen MR) is 110 cm³/mol. The maximum absolute atomic E-state index is 13.5. The van der Waals surface area contributed by atoms with E-state index in [0.29, 0.717) is 18.5 Å². The van der Waals surface area contributed by atoms with Crippen LogP contribution >= 0.6 is 0 Å². The lowest BCUT2D eigenvalue weighted by Crippen LogP contribution is -2.49. The fourth-order valence-corrected chi connectivity index (χ4v) is 6.12. The third-order valence-electron chi connectivity index (χ3n) is 5.73. The molecule has 6 nitrogen and oxygen atoms in total. The zero-order chi connectivity index (χ0) is 20.6. The Bertz CT molecular complexity index is 1010. The highest BCUT2D eigenvalue weighted by atomic mass is 32.2. The summed E-state index contributed by atoms with van der Waals surface area (Å²) in [6.07, 6.45) is 3.11. The van der Waals surface area contributed by atoms with Crippen LogP contribution in [-0.4, -0.2) is 36.6 Å². The molecule has 0 N–H and O–H groups in total. The number of rotatable bonds is 5. The van der Waals surface area contributed by atoms with Crippen molar-refractivity contribution >= 4 is 27.5 Å². The van der Waals surface area contributed by atoms with E-state index in [2.05, 4.69) is 0 Å². The lowest BCUT2D eigenvalue weighted by Gasteiger charge is -2.32. The molecule has 1 unspecified atom stereocenters. The summed E-state index contributed by atoms with van der Waals surface area (Å²) in [5.41, 5.74) is 1.50. The molecule has 1 heterocycles. The van der Waals surface area contributed by atoms with Crippen LogP contribution in [0.5, 0.6) is 0 Å². The van der Waals surface area contributed by atoms with Crippen molar-refractivity contribution in [3.63, 3.8) is 0 Å². The highest BCUT2D eigenvalue weighted by Gasteiger charge is 2.49. The number of nitrogens with zero attached hydrogens (tertiary/aromatic N) is 2. The number of imide groups is 1. The number of carbonyl (C=O) groups excluding carboxylic acids is 2. The van der Waals surface area contributed by atoms with E-state index in [0.717, 1.165) is 23.3 Å². The van der Waals surface area contributed by atoms with Crippen molar-refractivity contribution < 1.29 is 18.0 Å². The van der Waals surface area contributed by atoms with Gasteiger partial charge in [-0.3, -0.25) is 9.59 Å². The van der Waals surface area contributed by atoms with Crippen LogP contribution in [0.25, 0.3) is 0 Å². The third-order valence-corrected chi connectivity index (χ3v) is 7.70. The minimum Gasteiger partial charge on any atom is -0.274 e. The van der Waals surface area contributed by atoms with Gasteiger partial charge in [0.15, 0.2) is 0 Å². The minimum absolute atomic E-state index is 0.130. The standard InChI is InChI=1S/C22H24N2O4S/c1-16-11-13-17(14-12-16)23-21(25)15-20(22(23)26)24(18-7-5-6-8-18)29(27,28)19-9-3-2-4-10-19/h2-4,9-14,18,20H,5-8,15H2,1H3. The van der Waals surface area contributed by atoms with E-state index < -0.39 is 22.0 Å². The molecule has 1 saturated carbocycles. The van der Waals surface area contributed by atoms with Gasteiger partial charge in [-0.25, -0.2) is 13.3 Å². The molecule has 2 aromatic rings. The van der Waals surface area contributed by atoms with Crippen LogP contribution in [0.15, 0.2) is 59.5 Å². The van der Waals surface area contributed by atoms with Crippen LogP contribution in [0, 0.1) is 6.92 Å². The van der Waals surface area contributed by atoms with Crippen molar-refractivity contribution in [2.24, 2.45) is 0 Å². The van der Waals surface area contributed by atoms with Gasteiger partial charge < -0.3 is 0 Å². The molecule has 152 valence electrons. The Morgan fingerprint density at radius 2 is 1.55 bits per heavy atom. The van der Waals surface area contributed by atoms with Crippen molar-refractivity contribution in [2.75, 3.05) is 4.90 Å². The molecule has 2 aliphatic rings. The molecule has 1 atom stereocenters. The first-order valence-corrected chi connectivity index (χ1v) is 11.4. The Balaban J connectivity index is 1.73. The monoisotopic (exact) mass is 412 g/mol. The Morgan fingerprint density at radius 3 is 2.17 bits per heavy atom. The van der Waals surface area contributed by atoms with E-state index >= 15 is 0 Å². The van der Waals surface area contributed by atoms with Crippen molar-refractivity contribution in [1.82, 2.24) is 4.31 Å². The summed E-state index contributed by atoms with van der Waals surface area (Å²) in [5.74, 6) is -0.833. The molecule has 1 aliphatic carbocycles. The van der Waals surface area contributed by atoms with Crippen LogP contribution in [0.2, 0.25) is 0 Å². The first-order chi connectivity index (χ1) is 13.9. The predicted octanol–water partition coefficient (Wildman–Crippen LogP) is 3.26. The number of anilines is 1. The second-order valence-electron chi connectivity index (χ2n) is 7.71. The number of hydrogen-bond acceptors (Lipinski definition) is 4. The first-order valence-electron chi connectivity index (χ1n) is 9.91. The van der Waals surface area contributed by atoms with Crippen LogP contribution in [0.4, 0.5) is 5.69 Å². The quantitative estimate of drug-likeness (QED) is 0.707. The van der Waals surface area contributed by atoms with E-state index in [9.17, 15) is 18.0 Å². The first kappa shape index (κ1) is 19.8. The number of benzene rings is 2. The second kappa shape index (κ2) is 7.72. The summed E-state index contributed by atoms with van der Waals surface area (Å²) in [6, 6.07) is 14.0. The summed E-state index contributed by atoms with van der Waals surface area (Å²) in [7, 11) is -3.90. The molecule has 0 aromatic heterocycles. The maximum Gasteiger partial charge on any atom is 0.252 e. The molecule has 0 radical (unpaired) electrons. The summed E-state index contributed by atoms with van der Waals surface area (Å²) in [4.78, 5) is 27.3. The largest absolute Gasteiger partial charge is 0.274 e. The van der Waals surface area contributed by atoms with E-state index in [1.54, 1.807) is 30.3 Å². The molecule has 2 aromatic carbocycles. The van der Waals surface area contributed by atoms with E-state index in [1.807, 2.05) is 19.1 Å². The Morgan fingerprint density at radius 1 is 0.931 bits per heavy atom. The molecule has 7 heteroatoms. The zero-order valence-corrected chi connectivity index (χ0v) is 17.1. The molecule has 1 aliphatic heterocycles. The molecule has 1 saturated heterocycles. The molecule has 2 fully saturated rings. The number of carbonyl (C=O) groups is 2. The van der Waals surface area contributed by atoms with Gasteiger partial charge in [-0.1, -0.05) is 48.7 Å². The molecule has 2 amide bonds. The van der Waals surface area contributed by atoms with Crippen LogP contribution in [-0.2, 0) is 19.6 Å². The van der Waals surface area contributed by atoms with Gasteiger partial charge in [-0.2, -0.15) is 4.31 Å². The van der Waals surface area contributed by atoms with Gasteiger partial charge in [-0.15, -0.1) is 0 Å². The SMILES string of the molecule is Cc1ccc(N2C(=O)CC(N(C3CCCC3)S(=O)(=O)c3ccccc3)C2=O)cc1. The van der Waals surface area contributed by atoms with Gasteiger partial charge in [-0.05, 0) is 44.0 Å². The summed E-state index contributed by atoms with van der Waals surface area (Å²) in [5, 5.41) is 0. The number of sulfonamides is 1. The Labute approximate surface area is 171 Å². The van der Waals surface area contributed by atoms with Crippen molar-refractivity contribution in [3.05, 3.63) is 60.2 Å². The third kappa shape index (κ3) is 3.60. The summed E-state index contributed by atoms with van der Waals surface area (Å²) in [6.45, 7) is 1.93. The average Bonchev–Trinajstić information content (AvgIpc) is 3.32. The van der Waals surface area contributed by atoms with E-state index in [4.69, 9.17) is 0 Å². The maximum atomic E-state index is 13.5. The minimum atomic E-state index is -3.90. The Kier molecular flexibility index (Phi) is 5.27. The highest BCUT2D eigenvalue weighted by Crippen LogP contribution is 2.35. The summed E-state index contributed by atoms with van der Waals surface area (Å²) >= 11 is 0. The molecular weight excluding hydrogens is 388 g/mol. The van der Waals surface area contributed by atoms with E-state index in [-0.39, 0.29) is 23.3 Å². The fourth-order valence-electron chi connectivity index (χ4n) is 4.27. The van der Waals surface area contributed by atoms with Gasteiger partial charge in [0.05, 0.1) is 17.0 Å². The molecule has 0 bridgehead atoms. The van der Waals surface area contributed by atoms with Crippen LogP contribution in [0.1, 0.15) is 37.7 Å². The lowest BCUT2D eigenvalue weighted by atomic mass is 10.1. The van der Waals surface area contributed by atoms with Gasteiger partial charge in [0, 0.05) is 6.04 Å². The second-order valence-corrected chi connectivity index (χ2v) is 9.55. The number of hydrogen-bond donors (Lipinski definition) is 0. The topological polar surface area (TPSA) is 74.8 Å². The smallest absolute Gasteiger partial charge is 0.252 e. The zero-order valence-electron chi connectivity index (χ0n) is 16.3. The number of aryl methyl sites for hydroxylation is 1. The van der Waals surface area contributed by atoms with Crippen LogP contribution in [0.3, 0.4) is 0 Å². The fraction of sp³-hybridized carbons (Fsp3) is 0.364. The van der Waals surface area contributed by atoms with Crippen LogP contribution < -0.4 is 4.90 Å². The van der Waals surface area contributed by atoms with Gasteiger partial charge in [0.25, 0.3) is 5.91 Å². The van der Waals surface area contributed by atoms with Crippen molar-refractivity contribution in [1.29, 1.82) is 0 Å². The molecule has 4 rings (SSSR count). The van der Waals surface area contributed by atoms with Crippen molar-refractivity contribution in [2.45, 2.75) is 56.0 Å². The van der Waals surface area contributed by atoms with Crippen molar-refractivity contribution in [3.8, 4) is 0 Å². The summed E-state index contributed by atoms with van der Waals surface area (Å²) < 4.78 is 28.3. The van der Waals surface area contributed by atoms with Gasteiger partial charge in [0.1, 0.15) is 6.04 Å². The van der Waals surface area contributed by atoms with Gasteiger partial charge in [0.2, 0.25) is 15.9 Å². The molecule has 0 spiro atoms. The number of amides is 2. The Hall–Kier alpha value is -2.51.